The van der Waals surface area contributed by atoms with Gasteiger partial charge >= 0.3 is 0 Å². The minimum absolute atomic E-state index is 0.595. The maximum atomic E-state index is 10.4. The van der Waals surface area contributed by atoms with Crippen LogP contribution in [0, 0.1) is 0 Å². The molecular weight excluding hydrogens is 472 g/mol. The third kappa shape index (κ3) is 5.37. The number of aliphatic hydroxyl groups excluding tert-OH is 10. The Morgan fingerprint density at radius 2 is 1.09 bits per heavy atom. The zero-order valence-electron chi connectivity index (χ0n) is 17.8. The van der Waals surface area contributed by atoms with Gasteiger partial charge < -0.3 is 79.9 Å². The maximum absolute atomic E-state index is 10.4. The lowest BCUT2D eigenvalue weighted by Gasteiger charge is -2.43. The summed E-state index contributed by atoms with van der Waals surface area (Å²) in [7, 11) is 0. The average molecular weight is 504 g/mol. The fourth-order valence-electron chi connectivity index (χ4n) is 3.92. The minimum Gasteiger partial charge on any atom is -0.394 e. The second-order valence-electron chi connectivity index (χ2n) is 8.48. The molecular formula is C18H32O16. The van der Waals surface area contributed by atoms with E-state index in [1.165, 1.54) is 0 Å². The molecule has 34 heavy (non-hydrogen) atoms. The summed E-state index contributed by atoms with van der Waals surface area (Å²) in [4.78, 5) is 0. The Morgan fingerprint density at radius 3 is 1.62 bits per heavy atom. The molecule has 0 aromatic rings. The van der Waals surface area contributed by atoms with Gasteiger partial charge in [-0.15, -0.1) is 0 Å². The van der Waals surface area contributed by atoms with Gasteiger partial charge in [0.25, 0.3) is 0 Å². The van der Waals surface area contributed by atoms with Crippen molar-refractivity contribution in [2.24, 2.45) is 0 Å². The molecule has 3 fully saturated rings. The molecule has 3 aliphatic heterocycles. The quantitative estimate of drug-likeness (QED) is 0.146. The van der Waals surface area contributed by atoms with Crippen LogP contribution in [0.2, 0.25) is 0 Å². The molecule has 0 saturated carbocycles. The van der Waals surface area contributed by atoms with Crippen LogP contribution in [0.25, 0.3) is 0 Å². The molecule has 3 rings (SSSR count). The predicted octanol–water partition coefficient (Wildman–Crippen LogP) is -7.57. The molecule has 3 heterocycles. The summed E-state index contributed by atoms with van der Waals surface area (Å²) >= 11 is 0. The van der Waals surface area contributed by atoms with Gasteiger partial charge in [-0.05, 0) is 0 Å². The Bertz CT molecular complexity index is 653. The second kappa shape index (κ2) is 11.2. The van der Waals surface area contributed by atoms with Crippen LogP contribution in [-0.2, 0) is 23.7 Å². The van der Waals surface area contributed by atoms with Crippen molar-refractivity contribution in [1.82, 2.24) is 0 Å². The van der Waals surface area contributed by atoms with E-state index in [0.29, 0.717) is 0 Å². The molecule has 0 unspecified atom stereocenters. The lowest BCUT2D eigenvalue weighted by atomic mass is 9.98. The minimum atomic E-state index is -2.49. The average Bonchev–Trinajstić information content (AvgIpc) is 3.04. The van der Waals surface area contributed by atoms with Crippen LogP contribution in [-0.4, -0.2) is 168 Å². The molecule has 16 heteroatoms. The molecule has 200 valence electrons. The molecule has 0 bridgehead atoms. The molecule has 14 atom stereocenters. The van der Waals surface area contributed by atoms with Crippen LogP contribution >= 0.6 is 0 Å². The molecule has 0 aromatic heterocycles. The zero-order chi connectivity index (χ0) is 25.4. The molecule has 16 nitrogen and oxygen atoms in total. The summed E-state index contributed by atoms with van der Waals surface area (Å²) < 4.78 is 26.0. The molecule has 3 saturated heterocycles. The van der Waals surface area contributed by atoms with Gasteiger partial charge in [-0.1, -0.05) is 0 Å². The highest BCUT2D eigenvalue weighted by Gasteiger charge is 2.55. The van der Waals surface area contributed by atoms with Crippen LogP contribution in [0.1, 0.15) is 0 Å². The summed E-state index contributed by atoms with van der Waals surface area (Å²) in [5, 5.41) is 109. The normalized spacial score (nSPS) is 52.1. The molecule has 0 aromatic carbocycles. The summed E-state index contributed by atoms with van der Waals surface area (Å²) in [6, 6.07) is 0. The van der Waals surface area contributed by atoms with E-state index in [9.17, 15) is 51.1 Å². The van der Waals surface area contributed by atoms with Gasteiger partial charge in [-0.2, -0.15) is 0 Å². The fraction of sp³-hybridized carbons (Fsp3) is 1.00. The van der Waals surface area contributed by atoms with Gasteiger partial charge in [-0.25, -0.2) is 0 Å². The van der Waals surface area contributed by atoms with E-state index < -0.39 is 112 Å². The monoisotopic (exact) mass is 504 g/mol. The van der Waals surface area contributed by atoms with E-state index in [-0.39, 0.29) is 0 Å². The number of hydrogen-bond acceptors (Lipinski definition) is 16. The molecule has 3 aliphatic rings. The first-order valence-corrected chi connectivity index (χ1v) is 10.6. The third-order valence-corrected chi connectivity index (χ3v) is 6.10. The fourth-order valence-corrected chi connectivity index (χ4v) is 3.92. The van der Waals surface area contributed by atoms with Crippen molar-refractivity contribution in [2.45, 2.75) is 85.5 Å². The van der Waals surface area contributed by atoms with Gasteiger partial charge in [0.15, 0.2) is 12.6 Å². The van der Waals surface area contributed by atoms with Crippen LogP contribution in [0.5, 0.6) is 0 Å². The van der Waals surface area contributed by atoms with E-state index in [0.717, 1.165) is 0 Å². The van der Waals surface area contributed by atoms with Gasteiger partial charge in [-0.3, -0.25) is 0 Å². The van der Waals surface area contributed by atoms with E-state index in [4.69, 9.17) is 28.8 Å². The lowest BCUT2D eigenvalue weighted by molar-refractivity contribution is -0.345. The van der Waals surface area contributed by atoms with E-state index in [1.807, 2.05) is 0 Å². The SMILES string of the molecule is OC[C@H]1O[C@@H](OC[C@H]2O[C@H](OC[C@@]3(O)O[C@H](CO)[C@@H](O)[C@@H]3O)[C@H](O)[C@@H](O)[C@@H]2O)[C@H](O)[C@@H](O)[C@H]1O. The highest BCUT2D eigenvalue weighted by molar-refractivity contribution is 4.96. The summed E-state index contributed by atoms with van der Waals surface area (Å²) in [5.74, 6) is -2.49. The maximum Gasteiger partial charge on any atom is 0.219 e. The van der Waals surface area contributed by atoms with Crippen LogP contribution in [0.4, 0.5) is 0 Å². The van der Waals surface area contributed by atoms with Gasteiger partial charge in [0, 0.05) is 0 Å². The van der Waals surface area contributed by atoms with E-state index in [1.54, 1.807) is 0 Å². The Kier molecular flexibility index (Phi) is 9.18. The van der Waals surface area contributed by atoms with Crippen molar-refractivity contribution in [3.8, 4) is 0 Å². The second-order valence-corrected chi connectivity index (χ2v) is 8.48. The number of rotatable bonds is 8. The Morgan fingerprint density at radius 1 is 0.588 bits per heavy atom. The number of aliphatic hydroxyl groups is 11. The van der Waals surface area contributed by atoms with Crippen molar-refractivity contribution >= 4 is 0 Å². The molecule has 0 amide bonds. The Hall–Kier alpha value is -0.640. The zero-order valence-corrected chi connectivity index (χ0v) is 17.8. The van der Waals surface area contributed by atoms with Crippen LogP contribution in [0.15, 0.2) is 0 Å². The molecule has 0 spiro atoms. The van der Waals surface area contributed by atoms with Crippen LogP contribution < -0.4 is 0 Å². The standard InChI is InChI=1S/C18H32O16/c19-1-5-8(21)11(24)13(26)16(32-5)30-3-7-9(22)12(25)14(27)17(33-7)31-4-18(29)15(28)10(23)6(2-20)34-18/h5-17,19-29H,1-4H2/t5-,6-,7-,8+,9-,10-,11+,12+,13-,14-,15+,16-,17+,18-/m1/s1. The van der Waals surface area contributed by atoms with Crippen molar-refractivity contribution in [3.63, 3.8) is 0 Å². The largest absolute Gasteiger partial charge is 0.394 e. The Labute approximate surface area is 192 Å². The molecule has 11 N–H and O–H groups in total. The van der Waals surface area contributed by atoms with Gasteiger partial charge in [0.2, 0.25) is 5.79 Å². The van der Waals surface area contributed by atoms with Gasteiger partial charge in [0.1, 0.15) is 73.8 Å². The molecule has 0 radical (unpaired) electrons. The first-order valence-electron chi connectivity index (χ1n) is 10.6. The third-order valence-electron chi connectivity index (χ3n) is 6.10. The highest BCUT2D eigenvalue weighted by atomic mass is 16.7. The summed E-state index contributed by atoms with van der Waals surface area (Å²) in [5.41, 5.74) is 0. The van der Waals surface area contributed by atoms with Crippen LogP contribution in [0.3, 0.4) is 0 Å². The van der Waals surface area contributed by atoms with E-state index in [2.05, 4.69) is 0 Å². The van der Waals surface area contributed by atoms with Crippen molar-refractivity contribution in [1.29, 1.82) is 0 Å². The van der Waals surface area contributed by atoms with Crippen molar-refractivity contribution < 1.29 is 79.9 Å². The predicted molar refractivity (Wildman–Crippen MR) is 101 cm³/mol. The first-order chi connectivity index (χ1) is 15.9. The molecule has 0 aliphatic carbocycles. The first kappa shape index (κ1) is 27.9. The van der Waals surface area contributed by atoms with Crippen molar-refractivity contribution in [2.75, 3.05) is 26.4 Å². The highest BCUT2D eigenvalue weighted by Crippen LogP contribution is 2.31. The van der Waals surface area contributed by atoms with Crippen molar-refractivity contribution in [3.05, 3.63) is 0 Å². The Balaban J connectivity index is 1.60. The lowest BCUT2D eigenvalue weighted by Crippen LogP contribution is -2.62. The number of ether oxygens (including phenoxy) is 5. The van der Waals surface area contributed by atoms with Gasteiger partial charge in [0.05, 0.1) is 19.8 Å². The van der Waals surface area contributed by atoms with E-state index >= 15 is 0 Å². The topological polar surface area (TPSA) is 269 Å². The summed E-state index contributed by atoms with van der Waals surface area (Å²) in [6.07, 6.45) is -21.2. The smallest absolute Gasteiger partial charge is 0.219 e. The number of hydrogen-bond donors (Lipinski definition) is 11. The summed E-state index contributed by atoms with van der Waals surface area (Å²) in [6.45, 7) is -2.89.